The molecular formula is C26H29ClN2O2. The standard InChI is InChI=1S/C26H29ClN2O2/c1-16(2)13-23-25(26(31)28-22-8-6-7-17(3)19(22)5)24(30)14-18(4)29(23)15-20-9-11-21(27)12-10-20/h6-12,14,16H,13,15H2,1-5H3,(H,28,31). The number of aryl methyl sites for hydroxylation is 2. The Morgan fingerprint density at radius 3 is 2.39 bits per heavy atom. The summed E-state index contributed by atoms with van der Waals surface area (Å²) in [4.78, 5) is 26.3. The minimum absolute atomic E-state index is 0.217. The summed E-state index contributed by atoms with van der Waals surface area (Å²) < 4.78 is 2.07. The molecule has 0 saturated heterocycles. The Labute approximate surface area is 188 Å². The first-order valence-corrected chi connectivity index (χ1v) is 10.9. The van der Waals surface area contributed by atoms with Gasteiger partial charge in [-0.2, -0.15) is 0 Å². The summed E-state index contributed by atoms with van der Waals surface area (Å²) in [5, 5.41) is 3.65. The molecule has 1 heterocycles. The van der Waals surface area contributed by atoms with E-state index in [4.69, 9.17) is 11.6 Å². The zero-order valence-electron chi connectivity index (χ0n) is 18.8. The number of pyridine rings is 1. The monoisotopic (exact) mass is 436 g/mol. The third-order valence-electron chi connectivity index (χ3n) is 5.56. The summed E-state index contributed by atoms with van der Waals surface area (Å²) in [5.41, 5.74) is 5.43. The molecule has 1 aromatic heterocycles. The lowest BCUT2D eigenvalue weighted by Crippen LogP contribution is -2.29. The maximum Gasteiger partial charge on any atom is 0.261 e. The topological polar surface area (TPSA) is 51.1 Å². The van der Waals surface area contributed by atoms with Crippen molar-refractivity contribution in [2.45, 2.75) is 47.6 Å². The van der Waals surface area contributed by atoms with E-state index in [0.29, 0.717) is 18.0 Å². The first kappa shape index (κ1) is 22.8. The van der Waals surface area contributed by atoms with Crippen LogP contribution >= 0.6 is 11.6 Å². The van der Waals surface area contributed by atoms with Crippen molar-refractivity contribution in [2.24, 2.45) is 5.92 Å². The zero-order chi connectivity index (χ0) is 22.7. The summed E-state index contributed by atoms with van der Waals surface area (Å²) in [6, 6.07) is 15.0. The number of rotatable bonds is 6. The SMILES string of the molecule is Cc1cccc(NC(=O)c2c(CC(C)C)n(Cc3ccc(Cl)cc3)c(C)cc2=O)c1C. The number of halogens is 1. The predicted octanol–water partition coefficient (Wildman–Crippen LogP) is 5.93. The van der Waals surface area contributed by atoms with Crippen molar-refractivity contribution >= 4 is 23.2 Å². The normalized spacial score (nSPS) is 11.1. The van der Waals surface area contributed by atoms with Crippen LogP contribution in [0.4, 0.5) is 5.69 Å². The lowest BCUT2D eigenvalue weighted by molar-refractivity contribution is 0.102. The summed E-state index contributed by atoms with van der Waals surface area (Å²) in [5.74, 6) is -0.0795. The molecule has 0 spiro atoms. The van der Waals surface area contributed by atoms with Crippen LogP contribution in [0, 0.1) is 26.7 Å². The smallest absolute Gasteiger partial charge is 0.261 e. The molecule has 3 aromatic rings. The molecule has 0 fully saturated rings. The van der Waals surface area contributed by atoms with E-state index >= 15 is 0 Å². The average Bonchev–Trinajstić information content (AvgIpc) is 2.69. The number of hydrogen-bond donors (Lipinski definition) is 1. The number of amides is 1. The first-order chi connectivity index (χ1) is 14.7. The van der Waals surface area contributed by atoms with Crippen LogP contribution in [0.2, 0.25) is 5.02 Å². The molecule has 0 aliphatic heterocycles. The van der Waals surface area contributed by atoms with E-state index in [2.05, 4.69) is 23.7 Å². The lowest BCUT2D eigenvalue weighted by Gasteiger charge is -2.22. The van der Waals surface area contributed by atoms with Crippen molar-refractivity contribution in [3.63, 3.8) is 0 Å². The van der Waals surface area contributed by atoms with E-state index in [1.807, 2.05) is 63.2 Å². The first-order valence-electron chi connectivity index (χ1n) is 10.5. The molecule has 1 amide bonds. The number of benzene rings is 2. The number of carbonyl (C=O) groups is 1. The molecule has 2 aromatic carbocycles. The predicted molar refractivity (Wildman–Crippen MR) is 128 cm³/mol. The van der Waals surface area contributed by atoms with Crippen LogP contribution in [0.25, 0.3) is 0 Å². The second kappa shape index (κ2) is 9.52. The van der Waals surface area contributed by atoms with Gasteiger partial charge in [0.25, 0.3) is 5.91 Å². The Balaban J connectivity index is 2.09. The third kappa shape index (κ3) is 5.26. The summed E-state index contributed by atoms with van der Waals surface area (Å²) >= 11 is 6.03. The number of anilines is 1. The Bertz CT molecular complexity index is 1160. The van der Waals surface area contributed by atoms with Gasteiger partial charge in [-0.25, -0.2) is 0 Å². The molecule has 5 heteroatoms. The van der Waals surface area contributed by atoms with Crippen molar-refractivity contribution in [3.8, 4) is 0 Å². The molecule has 0 aliphatic carbocycles. The molecule has 162 valence electrons. The van der Waals surface area contributed by atoms with E-state index in [1.165, 1.54) is 0 Å². The van der Waals surface area contributed by atoms with Crippen LogP contribution in [0.15, 0.2) is 53.3 Å². The molecule has 31 heavy (non-hydrogen) atoms. The van der Waals surface area contributed by atoms with Crippen LogP contribution in [0.1, 0.15) is 52.3 Å². The minimum atomic E-state index is -0.362. The maximum atomic E-state index is 13.3. The van der Waals surface area contributed by atoms with E-state index in [1.54, 1.807) is 6.07 Å². The van der Waals surface area contributed by atoms with E-state index < -0.39 is 0 Å². The van der Waals surface area contributed by atoms with Crippen molar-refractivity contribution in [1.29, 1.82) is 0 Å². The van der Waals surface area contributed by atoms with Gasteiger partial charge in [-0.1, -0.05) is 49.7 Å². The highest BCUT2D eigenvalue weighted by Gasteiger charge is 2.22. The molecule has 0 atom stereocenters. The van der Waals surface area contributed by atoms with Crippen LogP contribution in [-0.4, -0.2) is 10.5 Å². The van der Waals surface area contributed by atoms with Crippen molar-refractivity contribution in [3.05, 3.63) is 97.4 Å². The highest BCUT2D eigenvalue weighted by molar-refractivity contribution is 6.30. The quantitative estimate of drug-likeness (QED) is 0.520. The Morgan fingerprint density at radius 1 is 1.06 bits per heavy atom. The Hall–Kier alpha value is -2.85. The van der Waals surface area contributed by atoms with Crippen LogP contribution in [-0.2, 0) is 13.0 Å². The molecule has 0 bridgehead atoms. The minimum Gasteiger partial charge on any atom is -0.343 e. The summed E-state index contributed by atoms with van der Waals surface area (Å²) in [6.07, 6.45) is 0.625. The molecule has 1 N–H and O–H groups in total. The van der Waals surface area contributed by atoms with Crippen LogP contribution < -0.4 is 10.7 Å². The van der Waals surface area contributed by atoms with Gasteiger partial charge in [0.05, 0.1) is 0 Å². The Kier molecular flexibility index (Phi) is 7.01. The molecule has 0 unspecified atom stereocenters. The van der Waals surface area contributed by atoms with Gasteiger partial charge in [-0.15, -0.1) is 0 Å². The Morgan fingerprint density at radius 2 is 1.74 bits per heavy atom. The number of hydrogen-bond acceptors (Lipinski definition) is 2. The van der Waals surface area contributed by atoms with Crippen molar-refractivity contribution in [2.75, 3.05) is 5.32 Å². The van der Waals surface area contributed by atoms with Gasteiger partial charge >= 0.3 is 0 Å². The van der Waals surface area contributed by atoms with Gasteiger partial charge in [-0.05, 0) is 68.0 Å². The fourth-order valence-corrected chi connectivity index (χ4v) is 3.86. The zero-order valence-corrected chi connectivity index (χ0v) is 19.5. The fraction of sp³-hybridized carbons (Fsp3) is 0.308. The lowest BCUT2D eigenvalue weighted by atomic mass is 10.00. The number of nitrogens with one attached hydrogen (secondary N) is 1. The van der Waals surface area contributed by atoms with Crippen LogP contribution in [0.3, 0.4) is 0 Å². The van der Waals surface area contributed by atoms with Gasteiger partial charge in [0, 0.05) is 34.7 Å². The van der Waals surface area contributed by atoms with E-state index in [9.17, 15) is 9.59 Å². The average molecular weight is 437 g/mol. The van der Waals surface area contributed by atoms with E-state index in [-0.39, 0.29) is 22.8 Å². The maximum absolute atomic E-state index is 13.3. The molecular weight excluding hydrogens is 408 g/mol. The van der Waals surface area contributed by atoms with Gasteiger partial charge < -0.3 is 9.88 Å². The second-order valence-electron chi connectivity index (χ2n) is 8.48. The largest absolute Gasteiger partial charge is 0.343 e. The number of aromatic nitrogens is 1. The van der Waals surface area contributed by atoms with Gasteiger partial charge in [0.1, 0.15) is 5.56 Å². The molecule has 3 rings (SSSR count). The van der Waals surface area contributed by atoms with Gasteiger partial charge in [0.2, 0.25) is 0 Å². The van der Waals surface area contributed by atoms with E-state index in [0.717, 1.165) is 33.8 Å². The van der Waals surface area contributed by atoms with Crippen molar-refractivity contribution in [1.82, 2.24) is 4.57 Å². The second-order valence-corrected chi connectivity index (χ2v) is 8.92. The number of carbonyl (C=O) groups excluding carboxylic acids is 1. The molecule has 4 nitrogen and oxygen atoms in total. The van der Waals surface area contributed by atoms with Crippen molar-refractivity contribution < 1.29 is 4.79 Å². The van der Waals surface area contributed by atoms with Gasteiger partial charge in [-0.3, -0.25) is 9.59 Å². The van der Waals surface area contributed by atoms with Gasteiger partial charge in [0.15, 0.2) is 5.43 Å². The third-order valence-corrected chi connectivity index (χ3v) is 5.81. The fourth-order valence-electron chi connectivity index (χ4n) is 3.74. The molecule has 0 radical (unpaired) electrons. The molecule has 0 aliphatic rings. The highest BCUT2D eigenvalue weighted by atomic mass is 35.5. The molecule has 0 saturated carbocycles. The highest BCUT2D eigenvalue weighted by Crippen LogP contribution is 2.21. The number of nitrogens with zero attached hydrogens (tertiary/aromatic N) is 1. The van der Waals surface area contributed by atoms with Crippen LogP contribution in [0.5, 0.6) is 0 Å². The summed E-state index contributed by atoms with van der Waals surface area (Å²) in [7, 11) is 0. The summed E-state index contributed by atoms with van der Waals surface area (Å²) in [6.45, 7) is 10.6.